The van der Waals surface area contributed by atoms with Crippen LogP contribution < -0.4 is 4.74 Å². The van der Waals surface area contributed by atoms with E-state index in [0.717, 1.165) is 16.9 Å². The fourth-order valence-electron chi connectivity index (χ4n) is 3.37. The molecule has 6 nitrogen and oxygen atoms in total. The lowest BCUT2D eigenvalue weighted by molar-refractivity contribution is -0.231. The summed E-state index contributed by atoms with van der Waals surface area (Å²) < 4.78 is 11.1. The van der Waals surface area contributed by atoms with Gasteiger partial charge in [0.2, 0.25) is 0 Å². The number of benzene rings is 2. The molecule has 0 radical (unpaired) electrons. The fraction of sp³-hybridized carbons (Fsp3) is 0.429. The van der Waals surface area contributed by atoms with E-state index in [-0.39, 0.29) is 0 Å². The molecule has 2 aromatic rings. The first-order chi connectivity index (χ1) is 13.4. The fourth-order valence-corrected chi connectivity index (χ4v) is 3.56. The van der Waals surface area contributed by atoms with Gasteiger partial charge in [0.1, 0.15) is 36.3 Å². The number of hydrogen-bond acceptors (Lipinski definition) is 6. The highest BCUT2D eigenvalue weighted by molar-refractivity contribution is 6.31. The Bertz CT molecular complexity index is 779. The SMILES string of the molecule is CCOc1ccc(Cc2cc([C@@H]3O[C@H](CO)C(O)C(O)[C@@H]3O)ccc2Cl)cc1. The van der Waals surface area contributed by atoms with Gasteiger partial charge in [0, 0.05) is 5.02 Å². The summed E-state index contributed by atoms with van der Waals surface area (Å²) in [6.45, 7) is 2.07. The summed E-state index contributed by atoms with van der Waals surface area (Å²) in [5.41, 5.74) is 2.49. The zero-order chi connectivity index (χ0) is 20.3. The molecule has 3 rings (SSSR count). The van der Waals surface area contributed by atoms with Gasteiger partial charge < -0.3 is 29.9 Å². The Morgan fingerprint density at radius 1 is 1.00 bits per heavy atom. The zero-order valence-corrected chi connectivity index (χ0v) is 16.3. The molecule has 1 heterocycles. The molecule has 5 atom stereocenters. The minimum atomic E-state index is -1.42. The van der Waals surface area contributed by atoms with Crippen LogP contribution in [0.4, 0.5) is 0 Å². The van der Waals surface area contributed by atoms with Gasteiger partial charge in [-0.2, -0.15) is 0 Å². The summed E-state index contributed by atoms with van der Waals surface area (Å²) in [7, 11) is 0. The Kier molecular flexibility index (Phi) is 6.93. The number of rotatable bonds is 6. The molecule has 2 aromatic carbocycles. The molecule has 0 amide bonds. The van der Waals surface area contributed by atoms with E-state index in [4.69, 9.17) is 21.1 Å². The zero-order valence-electron chi connectivity index (χ0n) is 15.5. The van der Waals surface area contributed by atoms with Crippen molar-refractivity contribution >= 4 is 11.6 Å². The van der Waals surface area contributed by atoms with Crippen molar-refractivity contribution in [3.8, 4) is 5.75 Å². The molecule has 1 aliphatic heterocycles. The minimum Gasteiger partial charge on any atom is -0.494 e. The van der Waals surface area contributed by atoms with E-state index in [1.807, 2.05) is 37.3 Å². The minimum absolute atomic E-state index is 0.464. The van der Waals surface area contributed by atoms with E-state index in [1.54, 1.807) is 12.1 Å². The lowest BCUT2D eigenvalue weighted by atomic mass is 9.90. The van der Waals surface area contributed by atoms with Gasteiger partial charge in [0.25, 0.3) is 0 Å². The summed E-state index contributed by atoms with van der Waals surface area (Å²) >= 11 is 6.35. The predicted molar refractivity (Wildman–Crippen MR) is 105 cm³/mol. The number of halogens is 1. The monoisotopic (exact) mass is 408 g/mol. The van der Waals surface area contributed by atoms with Crippen LogP contribution >= 0.6 is 11.6 Å². The van der Waals surface area contributed by atoms with Gasteiger partial charge in [-0.1, -0.05) is 35.9 Å². The Morgan fingerprint density at radius 2 is 1.71 bits per heavy atom. The van der Waals surface area contributed by atoms with E-state index in [9.17, 15) is 20.4 Å². The number of aliphatic hydroxyl groups excluding tert-OH is 4. The van der Waals surface area contributed by atoms with Crippen molar-refractivity contribution < 1.29 is 29.9 Å². The van der Waals surface area contributed by atoms with Crippen LogP contribution in [0, 0.1) is 0 Å². The largest absolute Gasteiger partial charge is 0.494 e. The van der Waals surface area contributed by atoms with Crippen LogP contribution in [-0.2, 0) is 11.2 Å². The summed E-state index contributed by atoms with van der Waals surface area (Å²) in [6.07, 6.45) is -5.39. The van der Waals surface area contributed by atoms with Crippen molar-refractivity contribution in [3.63, 3.8) is 0 Å². The Labute approximate surface area is 168 Å². The van der Waals surface area contributed by atoms with Crippen LogP contribution in [0.15, 0.2) is 42.5 Å². The normalized spacial score (nSPS) is 27.6. The highest BCUT2D eigenvalue weighted by Gasteiger charge is 2.43. The Balaban J connectivity index is 1.82. The third-order valence-corrected chi connectivity index (χ3v) is 5.29. The first-order valence-corrected chi connectivity index (χ1v) is 9.63. The molecule has 2 unspecified atom stereocenters. The first kappa shape index (κ1) is 21.0. The van der Waals surface area contributed by atoms with E-state index >= 15 is 0 Å². The Morgan fingerprint density at radius 3 is 2.36 bits per heavy atom. The second-order valence-electron chi connectivity index (χ2n) is 6.85. The molecule has 28 heavy (non-hydrogen) atoms. The molecule has 0 saturated carbocycles. The second kappa shape index (κ2) is 9.22. The van der Waals surface area contributed by atoms with Crippen LogP contribution in [0.5, 0.6) is 5.75 Å². The first-order valence-electron chi connectivity index (χ1n) is 9.25. The third-order valence-electron chi connectivity index (χ3n) is 4.92. The van der Waals surface area contributed by atoms with E-state index in [1.165, 1.54) is 0 Å². The molecular formula is C21H25ClO6. The standard InChI is InChI=1S/C21H25ClO6/c1-2-27-15-6-3-12(4-7-15)9-14-10-13(5-8-16(14)22)21-20(26)19(25)18(24)17(11-23)28-21/h3-8,10,17-21,23-26H,2,9,11H2,1H3/t17-,18?,19?,20+,21+/m1/s1. The highest BCUT2D eigenvalue weighted by Crippen LogP contribution is 2.34. The van der Waals surface area contributed by atoms with Crippen LogP contribution in [-0.4, -0.2) is 58.1 Å². The maximum Gasteiger partial charge on any atom is 0.119 e. The Hall–Kier alpha value is -1.67. The molecular weight excluding hydrogens is 384 g/mol. The average molecular weight is 409 g/mol. The van der Waals surface area contributed by atoms with Gasteiger partial charge in [-0.15, -0.1) is 0 Å². The summed E-state index contributed by atoms with van der Waals surface area (Å²) in [6, 6.07) is 12.9. The van der Waals surface area contributed by atoms with Gasteiger partial charge >= 0.3 is 0 Å². The lowest BCUT2D eigenvalue weighted by Crippen LogP contribution is -2.55. The van der Waals surface area contributed by atoms with E-state index in [2.05, 4.69) is 0 Å². The maximum atomic E-state index is 10.3. The molecule has 7 heteroatoms. The average Bonchev–Trinajstić information content (AvgIpc) is 2.70. The molecule has 152 valence electrons. The molecule has 0 bridgehead atoms. The highest BCUT2D eigenvalue weighted by atomic mass is 35.5. The van der Waals surface area contributed by atoms with Crippen molar-refractivity contribution in [1.82, 2.24) is 0 Å². The summed E-state index contributed by atoms with van der Waals surface area (Å²) in [4.78, 5) is 0. The predicted octanol–water partition coefficient (Wildman–Crippen LogP) is 1.84. The molecule has 1 fully saturated rings. The van der Waals surface area contributed by atoms with Crippen LogP contribution in [0.3, 0.4) is 0 Å². The number of hydrogen-bond donors (Lipinski definition) is 4. The van der Waals surface area contributed by atoms with Gasteiger partial charge in [-0.05, 0) is 48.2 Å². The van der Waals surface area contributed by atoms with E-state index in [0.29, 0.717) is 23.6 Å². The molecule has 0 aromatic heterocycles. The van der Waals surface area contributed by atoms with Crippen LogP contribution in [0.2, 0.25) is 5.02 Å². The third kappa shape index (κ3) is 4.49. The van der Waals surface area contributed by atoms with Crippen molar-refractivity contribution in [1.29, 1.82) is 0 Å². The summed E-state index contributed by atoms with van der Waals surface area (Å²) in [5, 5.41) is 40.3. The maximum absolute atomic E-state index is 10.3. The van der Waals surface area contributed by atoms with E-state index < -0.39 is 37.1 Å². The summed E-state index contributed by atoms with van der Waals surface area (Å²) in [5.74, 6) is 0.799. The topological polar surface area (TPSA) is 99.4 Å². The molecule has 0 aliphatic carbocycles. The van der Waals surface area contributed by atoms with Crippen molar-refractivity contribution in [3.05, 3.63) is 64.2 Å². The molecule has 0 spiro atoms. The van der Waals surface area contributed by atoms with Crippen LogP contribution in [0.25, 0.3) is 0 Å². The van der Waals surface area contributed by atoms with Crippen molar-refractivity contribution in [2.45, 2.75) is 43.9 Å². The van der Waals surface area contributed by atoms with Gasteiger partial charge in [0.15, 0.2) is 0 Å². The number of ether oxygens (including phenoxy) is 2. The van der Waals surface area contributed by atoms with Gasteiger partial charge in [0.05, 0.1) is 13.2 Å². The van der Waals surface area contributed by atoms with Crippen molar-refractivity contribution in [2.24, 2.45) is 0 Å². The van der Waals surface area contributed by atoms with Crippen LogP contribution in [0.1, 0.15) is 29.7 Å². The lowest BCUT2D eigenvalue weighted by Gasteiger charge is -2.40. The molecule has 1 aliphatic rings. The second-order valence-corrected chi connectivity index (χ2v) is 7.26. The smallest absolute Gasteiger partial charge is 0.119 e. The van der Waals surface area contributed by atoms with Gasteiger partial charge in [-0.25, -0.2) is 0 Å². The molecule has 1 saturated heterocycles. The van der Waals surface area contributed by atoms with Crippen molar-refractivity contribution in [2.75, 3.05) is 13.2 Å². The quantitative estimate of drug-likeness (QED) is 0.582. The van der Waals surface area contributed by atoms with Gasteiger partial charge in [-0.3, -0.25) is 0 Å². The number of aliphatic hydroxyl groups is 4. The molecule has 4 N–H and O–H groups in total.